The molecule has 0 aliphatic rings. The van der Waals surface area contributed by atoms with Gasteiger partial charge in [-0.25, -0.2) is 13.8 Å². The third kappa shape index (κ3) is 0.958. The molecular formula is C8H5F2NO. The second-order valence-corrected chi connectivity index (χ2v) is 2.47. The molecule has 0 fully saturated rings. The molecule has 4 heteroatoms. The fourth-order valence-corrected chi connectivity index (χ4v) is 1.07. The highest BCUT2D eigenvalue weighted by Gasteiger charge is 2.09. The lowest BCUT2D eigenvalue weighted by molar-refractivity contribution is 0.553. The quantitative estimate of drug-likeness (QED) is 0.605. The fourth-order valence-electron chi connectivity index (χ4n) is 1.07. The van der Waals surface area contributed by atoms with E-state index in [9.17, 15) is 8.78 Å². The van der Waals surface area contributed by atoms with E-state index in [-0.39, 0.29) is 11.1 Å². The number of fused-ring (bicyclic) bond motifs is 1. The lowest BCUT2D eigenvalue weighted by Gasteiger charge is -1.88. The van der Waals surface area contributed by atoms with Crippen molar-refractivity contribution >= 4 is 11.1 Å². The maximum Gasteiger partial charge on any atom is 0.192 e. The Morgan fingerprint density at radius 2 is 2.08 bits per heavy atom. The minimum absolute atomic E-state index is 0.0777. The summed E-state index contributed by atoms with van der Waals surface area (Å²) in [4.78, 5) is 3.75. The second kappa shape index (κ2) is 2.27. The molecule has 0 saturated heterocycles. The highest BCUT2D eigenvalue weighted by atomic mass is 19.1. The average molecular weight is 169 g/mol. The number of hydrogen-bond donors (Lipinski definition) is 0. The third-order valence-electron chi connectivity index (χ3n) is 1.52. The first-order chi connectivity index (χ1) is 5.66. The maximum atomic E-state index is 12.9. The molecule has 0 saturated carbocycles. The summed E-state index contributed by atoms with van der Waals surface area (Å²) in [5.74, 6) is -1.02. The van der Waals surface area contributed by atoms with Gasteiger partial charge in [0.05, 0.1) is 0 Å². The molecule has 12 heavy (non-hydrogen) atoms. The van der Waals surface area contributed by atoms with Crippen LogP contribution in [0.4, 0.5) is 8.78 Å². The lowest BCUT2D eigenvalue weighted by atomic mass is 10.3. The van der Waals surface area contributed by atoms with E-state index < -0.39 is 11.6 Å². The maximum absolute atomic E-state index is 12.9. The SMILES string of the molecule is Cc1nc2c(F)cc(F)cc2o1. The van der Waals surface area contributed by atoms with E-state index in [0.717, 1.165) is 12.1 Å². The van der Waals surface area contributed by atoms with E-state index in [1.54, 1.807) is 6.92 Å². The minimum atomic E-state index is -0.693. The molecule has 2 rings (SSSR count). The Morgan fingerprint density at radius 1 is 1.33 bits per heavy atom. The van der Waals surface area contributed by atoms with Gasteiger partial charge in [0.2, 0.25) is 0 Å². The number of aryl methyl sites for hydroxylation is 1. The Kier molecular flexibility index (Phi) is 1.36. The normalized spacial score (nSPS) is 10.9. The van der Waals surface area contributed by atoms with Crippen molar-refractivity contribution < 1.29 is 13.2 Å². The van der Waals surface area contributed by atoms with Gasteiger partial charge in [0, 0.05) is 19.1 Å². The van der Waals surface area contributed by atoms with Gasteiger partial charge in [-0.15, -0.1) is 0 Å². The number of aromatic nitrogens is 1. The van der Waals surface area contributed by atoms with E-state index in [1.807, 2.05) is 0 Å². The molecule has 0 aliphatic heterocycles. The molecule has 0 radical (unpaired) electrons. The van der Waals surface area contributed by atoms with Gasteiger partial charge in [0.25, 0.3) is 0 Å². The molecule has 0 amide bonds. The number of rotatable bonds is 0. The van der Waals surface area contributed by atoms with E-state index in [2.05, 4.69) is 4.98 Å². The lowest BCUT2D eigenvalue weighted by Crippen LogP contribution is -1.80. The Labute approximate surface area is 66.8 Å². The predicted octanol–water partition coefficient (Wildman–Crippen LogP) is 2.41. The largest absolute Gasteiger partial charge is 0.441 e. The second-order valence-electron chi connectivity index (χ2n) is 2.47. The van der Waals surface area contributed by atoms with Crippen LogP contribution in [0.2, 0.25) is 0 Å². The standard InChI is InChI=1S/C8H5F2NO/c1-4-11-8-6(10)2-5(9)3-7(8)12-4/h2-3H,1H3. The van der Waals surface area contributed by atoms with Crippen LogP contribution in [-0.4, -0.2) is 4.98 Å². The average Bonchev–Trinajstić information content (AvgIpc) is 2.29. The Bertz CT molecular complexity index is 436. The summed E-state index contributed by atoms with van der Waals surface area (Å²) in [6.07, 6.45) is 0. The molecule has 1 aromatic heterocycles. The number of hydrogen-bond acceptors (Lipinski definition) is 2. The van der Waals surface area contributed by atoms with Crippen LogP contribution < -0.4 is 0 Å². The van der Waals surface area contributed by atoms with Crippen LogP contribution in [0, 0.1) is 18.6 Å². The minimum Gasteiger partial charge on any atom is -0.441 e. The number of nitrogens with zero attached hydrogens (tertiary/aromatic N) is 1. The highest BCUT2D eigenvalue weighted by molar-refractivity contribution is 5.73. The van der Waals surface area contributed by atoms with Crippen LogP contribution in [0.15, 0.2) is 16.5 Å². The first-order valence-corrected chi connectivity index (χ1v) is 3.39. The van der Waals surface area contributed by atoms with Crippen LogP contribution in [0.25, 0.3) is 11.1 Å². The van der Waals surface area contributed by atoms with Crippen LogP contribution >= 0.6 is 0 Å². The van der Waals surface area contributed by atoms with E-state index in [1.165, 1.54) is 0 Å². The summed E-state index contributed by atoms with van der Waals surface area (Å²) in [6, 6.07) is 1.89. The molecule has 0 aliphatic carbocycles. The van der Waals surface area contributed by atoms with Crippen molar-refractivity contribution in [2.24, 2.45) is 0 Å². The molecule has 2 aromatic rings. The number of halogens is 2. The summed E-state index contributed by atoms with van der Waals surface area (Å²) in [5, 5.41) is 0. The highest BCUT2D eigenvalue weighted by Crippen LogP contribution is 2.19. The first-order valence-electron chi connectivity index (χ1n) is 3.39. The Balaban J connectivity index is 2.88. The van der Waals surface area contributed by atoms with Gasteiger partial charge in [0.1, 0.15) is 11.3 Å². The van der Waals surface area contributed by atoms with Gasteiger partial charge < -0.3 is 4.42 Å². The molecule has 0 N–H and O–H groups in total. The van der Waals surface area contributed by atoms with Gasteiger partial charge in [-0.1, -0.05) is 0 Å². The third-order valence-corrected chi connectivity index (χ3v) is 1.52. The molecular weight excluding hydrogens is 164 g/mol. The van der Waals surface area contributed by atoms with Crippen molar-refractivity contribution in [1.82, 2.24) is 4.98 Å². The molecule has 0 spiro atoms. The van der Waals surface area contributed by atoms with Crippen molar-refractivity contribution in [2.45, 2.75) is 6.92 Å². The van der Waals surface area contributed by atoms with Crippen molar-refractivity contribution in [3.63, 3.8) is 0 Å². The summed E-state index contributed by atoms with van der Waals surface area (Å²) >= 11 is 0. The zero-order valence-corrected chi connectivity index (χ0v) is 6.27. The first kappa shape index (κ1) is 7.21. The van der Waals surface area contributed by atoms with Gasteiger partial charge in [0.15, 0.2) is 17.3 Å². The number of oxazole rings is 1. The van der Waals surface area contributed by atoms with Crippen molar-refractivity contribution in [3.05, 3.63) is 29.7 Å². The van der Waals surface area contributed by atoms with E-state index in [4.69, 9.17) is 4.42 Å². The topological polar surface area (TPSA) is 26.0 Å². The van der Waals surface area contributed by atoms with Crippen molar-refractivity contribution in [1.29, 1.82) is 0 Å². The Morgan fingerprint density at radius 3 is 2.83 bits per heavy atom. The molecule has 0 unspecified atom stereocenters. The van der Waals surface area contributed by atoms with Crippen molar-refractivity contribution in [3.8, 4) is 0 Å². The number of benzene rings is 1. The fraction of sp³-hybridized carbons (Fsp3) is 0.125. The Hall–Kier alpha value is -1.45. The summed E-state index contributed by atoms with van der Waals surface area (Å²) < 4.78 is 30.4. The summed E-state index contributed by atoms with van der Waals surface area (Å²) in [5.41, 5.74) is 0.221. The summed E-state index contributed by atoms with van der Waals surface area (Å²) in [6.45, 7) is 1.58. The smallest absolute Gasteiger partial charge is 0.192 e. The van der Waals surface area contributed by atoms with Gasteiger partial charge in [-0.2, -0.15) is 0 Å². The van der Waals surface area contributed by atoms with Crippen LogP contribution in [-0.2, 0) is 0 Å². The molecule has 0 atom stereocenters. The zero-order valence-electron chi connectivity index (χ0n) is 6.27. The van der Waals surface area contributed by atoms with Crippen LogP contribution in [0.5, 0.6) is 0 Å². The monoisotopic (exact) mass is 169 g/mol. The van der Waals surface area contributed by atoms with Crippen LogP contribution in [0.3, 0.4) is 0 Å². The van der Waals surface area contributed by atoms with Crippen molar-refractivity contribution in [2.75, 3.05) is 0 Å². The van der Waals surface area contributed by atoms with E-state index >= 15 is 0 Å². The molecule has 1 aromatic carbocycles. The molecule has 62 valence electrons. The van der Waals surface area contributed by atoms with Gasteiger partial charge in [-0.3, -0.25) is 0 Å². The predicted molar refractivity (Wildman–Crippen MR) is 38.7 cm³/mol. The molecule has 2 nitrogen and oxygen atoms in total. The van der Waals surface area contributed by atoms with E-state index in [0.29, 0.717) is 5.89 Å². The van der Waals surface area contributed by atoms with Crippen LogP contribution in [0.1, 0.15) is 5.89 Å². The summed E-state index contributed by atoms with van der Waals surface area (Å²) in [7, 11) is 0. The van der Waals surface area contributed by atoms with Gasteiger partial charge in [-0.05, 0) is 0 Å². The van der Waals surface area contributed by atoms with Gasteiger partial charge >= 0.3 is 0 Å². The molecule has 0 bridgehead atoms. The molecule has 1 heterocycles. The zero-order chi connectivity index (χ0) is 8.72.